The molecule has 1 heterocycles. The second-order valence-electron chi connectivity index (χ2n) is 4.38. The highest BCUT2D eigenvalue weighted by Gasteiger charge is 2.16. The van der Waals surface area contributed by atoms with Gasteiger partial charge in [-0.15, -0.1) is 0 Å². The van der Waals surface area contributed by atoms with Crippen LogP contribution in [0.3, 0.4) is 0 Å². The van der Waals surface area contributed by atoms with Crippen LogP contribution < -0.4 is 10.1 Å². The smallest absolute Gasteiger partial charge is 0.260 e. The highest BCUT2D eigenvalue weighted by molar-refractivity contribution is 7.23. The van der Waals surface area contributed by atoms with Gasteiger partial charge in [0.1, 0.15) is 17.1 Å². The molecule has 0 aliphatic heterocycles. The van der Waals surface area contributed by atoms with E-state index >= 15 is 0 Å². The van der Waals surface area contributed by atoms with E-state index in [-0.39, 0.29) is 5.56 Å². The number of ether oxygens (including phenoxy) is 1. The van der Waals surface area contributed by atoms with E-state index in [4.69, 9.17) is 16.3 Å². The highest BCUT2D eigenvalue weighted by Crippen LogP contribution is 2.37. The number of carbonyl (C=O) groups is 1. The molecule has 0 saturated heterocycles. The standard InChI is InChI=1S/C15H10ClFN2O2S/c1-21-11-7-6-9(16)13-12(11)18-15(22-13)19-14(20)8-4-2-3-5-10(8)17/h2-7H,1H3,(H,18,19,20). The summed E-state index contributed by atoms with van der Waals surface area (Å²) in [5, 5.41) is 3.42. The minimum atomic E-state index is -0.586. The Balaban J connectivity index is 1.96. The van der Waals surface area contributed by atoms with Gasteiger partial charge in [-0.1, -0.05) is 35.1 Å². The summed E-state index contributed by atoms with van der Waals surface area (Å²) in [4.78, 5) is 16.4. The molecule has 1 N–H and O–H groups in total. The fourth-order valence-corrected chi connectivity index (χ4v) is 3.13. The number of benzene rings is 2. The first-order valence-electron chi connectivity index (χ1n) is 6.29. The van der Waals surface area contributed by atoms with Gasteiger partial charge in [-0.2, -0.15) is 0 Å². The van der Waals surface area contributed by atoms with E-state index in [0.29, 0.717) is 26.1 Å². The first kappa shape index (κ1) is 14.7. The van der Waals surface area contributed by atoms with Gasteiger partial charge < -0.3 is 4.74 Å². The predicted octanol–water partition coefficient (Wildman–Crippen LogP) is 4.35. The number of methoxy groups -OCH3 is 1. The minimum Gasteiger partial charge on any atom is -0.494 e. The van der Waals surface area contributed by atoms with E-state index in [0.717, 1.165) is 0 Å². The lowest BCUT2D eigenvalue weighted by Crippen LogP contribution is -2.13. The molecule has 3 aromatic rings. The van der Waals surface area contributed by atoms with Crippen LogP contribution in [-0.2, 0) is 0 Å². The molecular weight excluding hydrogens is 327 g/mol. The zero-order valence-corrected chi connectivity index (χ0v) is 13.0. The average Bonchev–Trinajstić information content (AvgIpc) is 2.92. The summed E-state index contributed by atoms with van der Waals surface area (Å²) in [6, 6.07) is 9.15. The van der Waals surface area contributed by atoms with Crippen LogP contribution in [-0.4, -0.2) is 18.0 Å². The van der Waals surface area contributed by atoms with Crippen LogP contribution in [0.5, 0.6) is 5.75 Å². The van der Waals surface area contributed by atoms with Crippen LogP contribution in [0.1, 0.15) is 10.4 Å². The van der Waals surface area contributed by atoms with Gasteiger partial charge in [0.25, 0.3) is 5.91 Å². The van der Waals surface area contributed by atoms with Crippen molar-refractivity contribution < 1.29 is 13.9 Å². The molecule has 0 saturated carbocycles. The Hall–Kier alpha value is -2.18. The topological polar surface area (TPSA) is 51.2 Å². The van der Waals surface area contributed by atoms with Crippen LogP contribution in [0.2, 0.25) is 5.02 Å². The van der Waals surface area contributed by atoms with Crippen molar-refractivity contribution in [3.63, 3.8) is 0 Å². The molecule has 0 bridgehead atoms. The Bertz CT molecular complexity index is 866. The number of anilines is 1. The summed E-state index contributed by atoms with van der Waals surface area (Å²) < 4.78 is 19.5. The van der Waals surface area contributed by atoms with Crippen LogP contribution in [0.4, 0.5) is 9.52 Å². The molecule has 3 rings (SSSR count). The van der Waals surface area contributed by atoms with E-state index in [2.05, 4.69) is 10.3 Å². The Kier molecular flexibility index (Phi) is 3.96. The number of amides is 1. The molecule has 112 valence electrons. The molecule has 0 radical (unpaired) electrons. The monoisotopic (exact) mass is 336 g/mol. The van der Waals surface area contributed by atoms with Gasteiger partial charge >= 0.3 is 0 Å². The van der Waals surface area contributed by atoms with Crippen molar-refractivity contribution in [2.75, 3.05) is 12.4 Å². The molecular formula is C15H10ClFN2O2S. The lowest BCUT2D eigenvalue weighted by atomic mass is 10.2. The number of halogens is 2. The molecule has 1 amide bonds. The van der Waals surface area contributed by atoms with Crippen molar-refractivity contribution in [2.45, 2.75) is 0 Å². The summed E-state index contributed by atoms with van der Waals surface area (Å²) in [6.07, 6.45) is 0. The van der Waals surface area contributed by atoms with E-state index in [1.54, 1.807) is 18.2 Å². The highest BCUT2D eigenvalue weighted by atomic mass is 35.5. The van der Waals surface area contributed by atoms with E-state index in [1.807, 2.05) is 0 Å². The number of fused-ring (bicyclic) bond motifs is 1. The van der Waals surface area contributed by atoms with Gasteiger partial charge in [-0.25, -0.2) is 9.37 Å². The second kappa shape index (κ2) is 5.90. The Morgan fingerprint density at radius 2 is 2.09 bits per heavy atom. The quantitative estimate of drug-likeness (QED) is 0.773. The van der Waals surface area contributed by atoms with Crippen molar-refractivity contribution in [2.24, 2.45) is 0 Å². The fourth-order valence-electron chi connectivity index (χ4n) is 1.98. The largest absolute Gasteiger partial charge is 0.494 e. The lowest BCUT2D eigenvalue weighted by Gasteiger charge is -2.02. The number of rotatable bonds is 3. The average molecular weight is 337 g/mol. The number of thiazole rings is 1. The predicted molar refractivity (Wildman–Crippen MR) is 85.5 cm³/mol. The van der Waals surface area contributed by atoms with Crippen LogP contribution in [0, 0.1) is 5.82 Å². The maximum Gasteiger partial charge on any atom is 0.260 e. The second-order valence-corrected chi connectivity index (χ2v) is 5.79. The summed E-state index contributed by atoms with van der Waals surface area (Å²) in [6.45, 7) is 0. The van der Waals surface area contributed by atoms with E-state index < -0.39 is 11.7 Å². The Morgan fingerprint density at radius 1 is 1.32 bits per heavy atom. The maximum absolute atomic E-state index is 13.6. The first-order valence-corrected chi connectivity index (χ1v) is 7.48. The van der Waals surface area contributed by atoms with Crippen LogP contribution in [0.15, 0.2) is 36.4 Å². The molecule has 4 nitrogen and oxygen atoms in total. The third kappa shape index (κ3) is 2.63. The summed E-state index contributed by atoms with van der Waals surface area (Å²) in [5.74, 6) is -0.592. The van der Waals surface area contributed by atoms with Gasteiger partial charge in [0.2, 0.25) is 0 Å². The van der Waals surface area contributed by atoms with Crippen LogP contribution >= 0.6 is 22.9 Å². The summed E-state index contributed by atoms with van der Waals surface area (Å²) in [5.41, 5.74) is 0.517. The Labute approximate surface area is 134 Å². The van der Waals surface area contributed by atoms with Gasteiger partial charge in [-0.3, -0.25) is 10.1 Å². The lowest BCUT2D eigenvalue weighted by molar-refractivity contribution is 0.102. The van der Waals surface area contributed by atoms with Gasteiger partial charge in [0, 0.05) is 0 Å². The number of carbonyl (C=O) groups excluding carboxylic acids is 1. The molecule has 2 aromatic carbocycles. The fraction of sp³-hybridized carbons (Fsp3) is 0.0667. The maximum atomic E-state index is 13.6. The van der Waals surface area contributed by atoms with Crippen molar-refractivity contribution in [3.05, 3.63) is 52.8 Å². The molecule has 0 atom stereocenters. The number of aromatic nitrogens is 1. The van der Waals surface area contributed by atoms with Crippen molar-refractivity contribution >= 4 is 44.2 Å². The molecule has 7 heteroatoms. The van der Waals surface area contributed by atoms with E-state index in [9.17, 15) is 9.18 Å². The van der Waals surface area contributed by atoms with E-state index in [1.165, 1.54) is 36.6 Å². The molecule has 0 aliphatic carbocycles. The summed E-state index contributed by atoms with van der Waals surface area (Å²) in [7, 11) is 1.53. The molecule has 22 heavy (non-hydrogen) atoms. The molecule has 1 aromatic heterocycles. The number of nitrogens with one attached hydrogen (secondary N) is 1. The van der Waals surface area contributed by atoms with Crippen molar-refractivity contribution in [1.82, 2.24) is 4.98 Å². The van der Waals surface area contributed by atoms with Crippen molar-refractivity contribution in [3.8, 4) is 5.75 Å². The SMILES string of the molecule is COc1ccc(Cl)c2sc(NC(=O)c3ccccc3F)nc12. The van der Waals surface area contributed by atoms with Gasteiger partial charge in [0.05, 0.1) is 22.4 Å². The normalized spacial score (nSPS) is 10.7. The summed E-state index contributed by atoms with van der Waals surface area (Å²) >= 11 is 7.33. The zero-order chi connectivity index (χ0) is 15.7. The molecule has 0 aliphatic rings. The molecule has 0 fully saturated rings. The third-order valence-corrected chi connectivity index (χ3v) is 4.45. The molecule has 0 unspecified atom stereocenters. The van der Waals surface area contributed by atoms with Crippen molar-refractivity contribution in [1.29, 1.82) is 0 Å². The number of nitrogens with zero attached hydrogens (tertiary/aromatic N) is 1. The van der Waals surface area contributed by atoms with Crippen LogP contribution in [0.25, 0.3) is 10.2 Å². The van der Waals surface area contributed by atoms with Gasteiger partial charge in [0.15, 0.2) is 5.13 Å². The number of hydrogen-bond acceptors (Lipinski definition) is 4. The number of hydrogen-bond donors (Lipinski definition) is 1. The zero-order valence-electron chi connectivity index (χ0n) is 11.4. The van der Waals surface area contributed by atoms with Gasteiger partial charge in [-0.05, 0) is 24.3 Å². The third-order valence-electron chi connectivity index (χ3n) is 3.02. The Morgan fingerprint density at radius 3 is 2.82 bits per heavy atom. The first-order chi connectivity index (χ1) is 10.6. The minimum absolute atomic E-state index is 0.0418. The molecule has 0 spiro atoms.